The van der Waals surface area contributed by atoms with Crippen LogP contribution in [0.2, 0.25) is 5.02 Å². The number of nitrogens with zero attached hydrogens (tertiary/aromatic N) is 4. The van der Waals surface area contributed by atoms with Crippen molar-refractivity contribution >= 4 is 40.6 Å². The molecule has 0 fully saturated rings. The molecule has 1 heterocycles. The first-order valence-corrected chi connectivity index (χ1v) is 11.7. The maximum atomic E-state index is 12.5. The van der Waals surface area contributed by atoms with Gasteiger partial charge in [0, 0.05) is 18.2 Å². The minimum Gasteiger partial charge on any atom is -0.493 e. The number of carbonyl (C=O) groups excluding carboxylic acids is 1. The summed E-state index contributed by atoms with van der Waals surface area (Å²) in [6, 6.07) is 11.2. The van der Waals surface area contributed by atoms with Crippen molar-refractivity contribution in [3.8, 4) is 11.5 Å². The molecule has 3 rings (SSSR count). The van der Waals surface area contributed by atoms with Crippen molar-refractivity contribution in [2.75, 3.05) is 18.2 Å². The first-order chi connectivity index (χ1) is 16.2. The van der Waals surface area contributed by atoms with Gasteiger partial charge < -0.3 is 19.4 Å². The zero-order valence-electron chi connectivity index (χ0n) is 19.0. The van der Waals surface area contributed by atoms with Crippen LogP contribution in [0.15, 0.2) is 47.6 Å². The van der Waals surface area contributed by atoms with Gasteiger partial charge in [0.25, 0.3) is 5.69 Å². The Balaban J connectivity index is 1.72. The van der Waals surface area contributed by atoms with Crippen molar-refractivity contribution in [1.29, 1.82) is 0 Å². The fourth-order valence-corrected chi connectivity index (χ4v) is 4.19. The number of methoxy groups -OCH3 is 1. The number of hydrogen-bond acceptors (Lipinski definition) is 8. The molecule has 0 saturated heterocycles. The van der Waals surface area contributed by atoms with E-state index in [9.17, 15) is 14.9 Å². The highest BCUT2D eigenvalue weighted by atomic mass is 35.5. The minimum absolute atomic E-state index is 0.00509. The number of rotatable bonds is 10. The van der Waals surface area contributed by atoms with Crippen molar-refractivity contribution in [2.45, 2.75) is 38.1 Å². The number of benzene rings is 2. The molecule has 3 aromatic rings. The molecule has 0 aliphatic heterocycles. The number of aromatic nitrogens is 3. The summed E-state index contributed by atoms with van der Waals surface area (Å²) in [6.45, 7) is 5.83. The van der Waals surface area contributed by atoms with Gasteiger partial charge >= 0.3 is 0 Å². The van der Waals surface area contributed by atoms with E-state index < -0.39 is 11.0 Å². The second-order valence-corrected chi connectivity index (χ2v) is 8.82. The Morgan fingerprint density at radius 1 is 1.21 bits per heavy atom. The number of nitro groups is 1. The molecule has 34 heavy (non-hydrogen) atoms. The second kappa shape index (κ2) is 11.2. The van der Waals surface area contributed by atoms with Gasteiger partial charge in [-0.2, -0.15) is 0 Å². The summed E-state index contributed by atoms with van der Waals surface area (Å²) >= 11 is 7.25. The maximum Gasteiger partial charge on any atom is 0.271 e. The van der Waals surface area contributed by atoms with Crippen molar-refractivity contribution in [2.24, 2.45) is 0 Å². The number of thioether (sulfide) groups is 1. The van der Waals surface area contributed by atoms with Gasteiger partial charge in [-0.25, -0.2) is 0 Å². The molecule has 1 unspecified atom stereocenters. The molecular weight excluding hydrogens is 482 g/mol. The summed E-state index contributed by atoms with van der Waals surface area (Å²) in [5.41, 5.74) is 0.00638. The Hall–Kier alpha value is -3.31. The van der Waals surface area contributed by atoms with E-state index in [1.165, 1.54) is 30.0 Å². The Labute approximate surface area is 205 Å². The lowest BCUT2D eigenvalue weighted by molar-refractivity contribution is -0.384. The number of hydrogen-bond donors (Lipinski definition) is 1. The molecule has 0 aliphatic rings. The molecule has 1 N–H and O–H groups in total. The number of ether oxygens (including phenoxy) is 2. The maximum absolute atomic E-state index is 12.5. The Bertz CT molecular complexity index is 1190. The Morgan fingerprint density at radius 3 is 2.56 bits per heavy atom. The highest BCUT2D eigenvalue weighted by molar-refractivity contribution is 7.99. The number of carbonyl (C=O) groups is 1. The van der Waals surface area contributed by atoms with Crippen LogP contribution in [0.3, 0.4) is 0 Å². The number of amides is 1. The first-order valence-electron chi connectivity index (χ1n) is 10.3. The van der Waals surface area contributed by atoms with Crippen LogP contribution in [-0.2, 0) is 4.79 Å². The molecule has 0 saturated carbocycles. The van der Waals surface area contributed by atoms with Crippen LogP contribution >= 0.6 is 23.4 Å². The van der Waals surface area contributed by atoms with Crippen molar-refractivity contribution in [3.63, 3.8) is 0 Å². The summed E-state index contributed by atoms with van der Waals surface area (Å²) in [5.74, 6) is 1.41. The molecular formula is C22H24ClN5O5S. The minimum atomic E-state index is -0.554. The van der Waals surface area contributed by atoms with E-state index in [-0.39, 0.29) is 34.1 Å². The zero-order valence-corrected chi connectivity index (χ0v) is 20.6. The molecule has 1 amide bonds. The summed E-state index contributed by atoms with van der Waals surface area (Å²) in [4.78, 5) is 22.9. The van der Waals surface area contributed by atoms with E-state index in [1.54, 1.807) is 7.11 Å². The van der Waals surface area contributed by atoms with Crippen molar-refractivity contribution in [1.82, 2.24) is 14.8 Å². The molecule has 1 aromatic heterocycles. The van der Waals surface area contributed by atoms with Gasteiger partial charge in [0.15, 0.2) is 28.6 Å². The standard InChI is InChI=1S/C22H24ClN5O5S/c1-13(2)27-21(14(3)33-19-8-6-5-7-18(19)32-4)25-26-22(27)34-12-20(29)24-17-11-15(28(30)31)9-10-16(17)23/h5-11,13-14H,12H2,1-4H3,(H,24,29). The number of anilines is 1. The monoisotopic (exact) mass is 505 g/mol. The quantitative estimate of drug-likeness (QED) is 0.224. The van der Waals surface area contributed by atoms with Crippen LogP contribution in [0.25, 0.3) is 0 Å². The topological polar surface area (TPSA) is 121 Å². The lowest BCUT2D eigenvalue weighted by atomic mass is 10.3. The fourth-order valence-electron chi connectivity index (χ4n) is 3.15. The summed E-state index contributed by atoms with van der Waals surface area (Å²) in [5, 5.41) is 22.9. The molecule has 0 bridgehead atoms. The smallest absolute Gasteiger partial charge is 0.271 e. The largest absolute Gasteiger partial charge is 0.493 e. The van der Waals surface area contributed by atoms with Crippen LogP contribution in [-0.4, -0.2) is 38.5 Å². The van der Waals surface area contributed by atoms with Crippen LogP contribution in [0.4, 0.5) is 11.4 Å². The Morgan fingerprint density at radius 2 is 1.91 bits per heavy atom. The summed E-state index contributed by atoms with van der Waals surface area (Å²) in [6.07, 6.45) is -0.432. The van der Waals surface area contributed by atoms with Crippen molar-refractivity contribution < 1.29 is 19.2 Å². The number of non-ortho nitro benzene ring substituents is 1. The van der Waals surface area contributed by atoms with E-state index in [1.807, 2.05) is 49.6 Å². The van der Waals surface area contributed by atoms with E-state index in [0.717, 1.165) is 0 Å². The highest BCUT2D eigenvalue weighted by Crippen LogP contribution is 2.32. The molecule has 12 heteroatoms. The third kappa shape index (κ3) is 5.97. The van der Waals surface area contributed by atoms with Gasteiger partial charge in [-0.15, -0.1) is 10.2 Å². The first kappa shape index (κ1) is 25.3. The third-order valence-electron chi connectivity index (χ3n) is 4.71. The van der Waals surface area contributed by atoms with Gasteiger partial charge in [0.2, 0.25) is 5.91 Å². The van der Waals surface area contributed by atoms with E-state index in [2.05, 4.69) is 15.5 Å². The van der Waals surface area contributed by atoms with Crippen LogP contribution in [0.5, 0.6) is 11.5 Å². The third-order valence-corrected chi connectivity index (χ3v) is 5.98. The number of halogens is 1. The van der Waals surface area contributed by atoms with Gasteiger partial charge in [0.1, 0.15) is 0 Å². The summed E-state index contributed by atoms with van der Waals surface area (Å²) < 4.78 is 13.3. The Kier molecular flexibility index (Phi) is 8.35. The molecule has 0 aliphatic carbocycles. The SMILES string of the molecule is COc1ccccc1OC(C)c1nnc(SCC(=O)Nc2cc([N+](=O)[O-])ccc2Cl)n1C(C)C. The zero-order chi connectivity index (χ0) is 24.8. The molecule has 0 radical (unpaired) electrons. The normalized spacial score (nSPS) is 11.8. The fraction of sp³-hybridized carbons (Fsp3) is 0.318. The number of nitro benzene ring substituents is 1. The van der Waals surface area contributed by atoms with Gasteiger partial charge in [-0.3, -0.25) is 14.9 Å². The van der Waals surface area contributed by atoms with Crippen LogP contribution in [0.1, 0.15) is 38.7 Å². The summed E-state index contributed by atoms with van der Waals surface area (Å²) in [7, 11) is 1.57. The average Bonchev–Trinajstić information content (AvgIpc) is 3.24. The van der Waals surface area contributed by atoms with Gasteiger partial charge in [0.05, 0.1) is 28.5 Å². The lowest BCUT2D eigenvalue weighted by Gasteiger charge is -2.19. The lowest BCUT2D eigenvalue weighted by Crippen LogP contribution is -2.17. The average molecular weight is 506 g/mol. The number of nitrogens with one attached hydrogen (secondary N) is 1. The molecule has 10 nitrogen and oxygen atoms in total. The second-order valence-electron chi connectivity index (χ2n) is 7.47. The van der Waals surface area contributed by atoms with E-state index >= 15 is 0 Å². The van der Waals surface area contributed by atoms with Crippen LogP contribution < -0.4 is 14.8 Å². The van der Waals surface area contributed by atoms with Crippen LogP contribution in [0, 0.1) is 10.1 Å². The van der Waals surface area contributed by atoms with E-state index in [0.29, 0.717) is 22.5 Å². The molecule has 180 valence electrons. The van der Waals surface area contributed by atoms with Gasteiger partial charge in [-0.05, 0) is 39.0 Å². The molecule has 1 atom stereocenters. The highest BCUT2D eigenvalue weighted by Gasteiger charge is 2.23. The van der Waals surface area contributed by atoms with Crippen molar-refractivity contribution in [3.05, 3.63) is 63.4 Å². The molecule has 2 aromatic carbocycles. The predicted octanol–water partition coefficient (Wildman–Crippen LogP) is 5.30. The van der Waals surface area contributed by atoms with Gasteiger partial charge in [-0.1, -0.05) is 35.5 Å². The molecule has 0 spiro atoms. The predicted molar refractivity (Wildman–Crippen MR) is 130 cm³/mol. The number of para-hydroxylation sites is 2. The van der Waals surface area contributed by atoms with E-state index in [4.69, 9.17) is 21.1 Å².